The van der Waals surface area contributed by atoms with E-state index in [0.29, 0.717) is 17.1 Å². The van der Waals surface area contributed by atoms with Gasteiger partial charge in [-0.15, -0.1) is 0 Å². The summed E-state index contributed by atoms with van der Waals surface area (Å²) in [5.74, 6) is 0.321. The van der Waals surface area contributed by atoms with Gasteiger partial charge < -0.3 is 9.47 Å². The molecule has 0 unspecified atom stereocenters. The number of carbonyl (C=O) groups excluding carboxylic acids is 1. The summed E-state index contributed by atoms with van der Waals surface area (Å²) in [7, 11) is -1.95. The standard InChI is InChI=1S/C11H16N2O5S/c1-4-18-11(14)12-9-6-5-8(7-10(9)17-2)13-19(3,15)16/h5-7,13H,4H2,1-3H3,(H,12,14). The Kier molecular flexibility index (Phi) is 4.99. The first-order valence-electron chi connectivity index (χ1n) is 5.45. The summed E-state index contributed by atoms with van der Waals surface area (Å²) in [5.41, 5.74) is 0.730. The van der Waals surface area contributed by atoms with Gasteiger partial charge in [0.1, 0.15) is 5.75 Å². The van der Waals surface area contributed by atoms with Crippen LogP contribution in [0.3, 0.4) is 0 Å². The Hall–Kier alpha value is -1.96. The molecule has 0 fully saturated rings. The molecule has 7 nitrogen and oxygen atoms in total. The van der Waals surface area contributed by atoms with E-state index in [1.54, 1.807) is 6.92 Å². The van der Waals surface area contributed by atoms with E-state index in [1.165, 1.54) is 25.3 Å². The fourth-order valence-electron chi connectivity index (χ4n) is 1.35. The van der Waals surface area contributed by atoms with Crippen LogP contribution in [0.1, 0.15) is 6.92 Å². The summed E-state index contributed by atoms with van der Waals surface area (Å²) >= 11 is 0. The zero-order valence-corrected chi connectivity index (χ0v) is 11.7. The molecule has 0 aliphatic carbocycles. The van der Waals surface area contributed by atoms with E-state index < -0.39 is 16.1 Å². The topological polar surface area (TPSA) is 93.7 Å². The van der Waals surface area contributed by atoms with Gasteiger partial charge in [-0.05, 0) is 19.1 Å². The summed E-state index contributed by atoms with van der Waals surface area (Å²) in [4.78, 5) is 11.3. The minimum atomic E-state index is -3.36. The lowest BCUT2D eigenvalue weighted by Gasteiger charge is -2.12. The molecule has 0 radical (unpaired) electrons. The molecule has 0 bridgehead atoms. The van der Waals surface area contributed by atoms with Crippen LogP contribution in [0.25, 0.3) is 0 Å². The van der Waals surface area contributed by atoms with Crippen LogP contribution in [0, 0.1) is 0 Å². The third-order valence-corrected chi connectivity index (χ3v) is 2.62. The van der Waals surface area contributed by atoms with Gasteiger partial charge in [-0.1, -0.05) is 0 Å². The fraction of sp³-hybridized carbons (Fsp3) is 0.364. The number of anilines is 2. The molecule has 19 heavy (non-hydrogen) atoms. The Labute approximate surface area is 112 Å². The van der Waals surface area contributed by atoms with E-state index in [4.69, 9.17) is 9.47 Å². The molecule has 0 heterocycles. The Morgan fingerprint density at radius 2 is 2.05 bits per heavy atom. The Morgan fingerprint density at radius 3 is 2.58 bits per heavy atom. The summed E-state index contributed by atoms with van der Waals surface area (Å²) in [6.07, 6.45) is 0.439. The molecule has 0 aliphatic heterocycles. The van der Waals surface area contributed by atoms with Crippen molar-refractivity contribution in [3.05, 3.63) is 18.2 Å². The van der Waals surface area contributed by atoms with Gasteiger partial charge in [0.25, 0.3) is 0 Å². The lowest BCUT2D eigenvalue weighted by atomic mass is 10.2. The van der Waals surface area contributed by atoms with E-state index in [9.17, 15) is 13.2 Å². The first-order chi connectivity index (χ1) is 8.85. The average Bonchev–Trinajstić information content (AvgIpc) is 2.29. The molecule has 1 aromatic carbocycles. The number of carbonyl (C=O) groups is 1. The van der Waals surface area contributed by atoms with Gasteiger partial charge in [-0.25, -0.2) is 13.2 Å². The number of hydrogen-bond donors (Lipinski definition) is 2. The Bertz CT molecular complexity index is 556. The zero-order valence-electron chi connectivity index (χ0n) is 10.9. The highest BCUT2D eigenvalue weighted by molar-refractivity contribution is 7.92. The largest absolute Gasteiger partial charge is 0.494 e. The zero-order chi connectivity index (χ0) is 14.5. The molecular weight excluding hydrogens is 272 g/mol. The molecule has 0 saturated carbocycles. The first-order valence-corrected chi connectivity index (χ1v) is 7.34. The van der Waals surface area contributed by atoms with Crippen LogP contribution in [0.5, 0.6) is 5.75 Å². The van der Waals surface area contributed by atoms with Crippen LogP contribution >= 0.6 is 0 Å². The maximum Gasteiger partial charge on any atom is 0.411 e. The number of methoxy groups -OCH3 is 1. The van der Waals surface area contributed by atoms with Gasteiger partial charge in [0, 0.05) is 6.07 Å². The summed E-state index contributed by atoms with van der Waals surface area (Å²) in [5, 5.41) is 2.49. The second-order valence-corrected chi connectivity index (χ2v) is 5.38. The lowest BCUT2D eigenvalue weighted by molar-refractivity contribution is 0.168. The van der Waals surface area contributed by atoms with Crippen molar-refractivity contribution < 1.29 is 22.7 Å². The second-order valence-electron chi connectivity index (χ2n) is 3.63. The minimum absolute atomic E-state index is 0.252. The van der Waals surface area contributed by atoms with E-state index in [0.717, 1.165) is 6.26 Å². The van der Waals surface area contributed by atoms with Crippen molar-refractivity contribution >= 4 is 27.5 Å². The maximum absolute atomic E-state index is 11.3. The quantitative estimate of drug-likeness (QED) is 0.859. The average molecular weight is 288 g/mol. The Balaban J connectivity index is 2.93. The molecule has 0 atom stereocenters. The normalized spacial score (nSPS) is 10.7. The minimum Gasteiger partial charge on any atom is -0.494 e. The molecule has 1 rings (SSSR count). The number of hydrogen-bond acceptors (Lipinski definition) is 5. The molecule has 0 saturated heterocycles. The maximum atomic E-state index is 11.3. The van der Waals surface area contributed by atoms with Gasteiger partial charge in [0.15, 0.2) is 0 Å². The predicted octanol–water partition coefficient (Wildman–Crippen LogP) is 1.64. The highest BCUT2D eigenvalue weighted by Gasteiger charge is 2.10. The predicted molar refractivity (Wildman–Crippen MR) is 72.1 cm³/mol. The molecular formula is C11H16N2O5S. The van der Waals surface area contributed by atoms with Crippen molar-refractivity contribution in [2.45, 2.75) is 6.92 Å². The molecule has 1 aromatic rings. The number of ether oxygens (including phenoxy) is 2. The van der Waals surface area contributed by atoms with Crippen molar-refractivity contribution in [1.82, 2.24) is 0 Å². The van der Waals surface area contributed by atoms with E-state index in [1.807, 2.05) is 0 Å². The summed E-state index contributed by atoms with van der Waals surface area (Å²) in [6.45, 7) is 1.94. The van der Waals surface area contributed by atoms with Crippen LogP contribution in [-0.4, -0.2) is 34.5 Å². The van der Waals surface area contributed by atoms with Crippen molar-refractivity contribution in [3.63, 3.8) is 0 Å². The van der Waals surface area contributed by atoms with Crippen LogP contribution < -0.4 is 14.8 Å². The monoisotopic (exact) mass is 288 g/mol. The Morgan fingerprint density at radius 1 is 1.37 bits per heavy atom. The summed E-state index contributed by atoms with van der Waals surface area (Å²) < 4.78 is 34.3. The molecule has 8 heteroatoms. The molecule has 0 aliphatic rings. The van der Waals surface area contributed by atoms with Crippen LogP contribution in [-0.2, 0) is 14.8 Å². The second kappa shape index (κ2) is 6.28. The molecule has 2 N–H and O–H groups in total. The van der Waals surface area contributed by atoms with Crippen LogP contribution in [0.15, 0.2) is 18.2 Å². The first kappa shape index (κ1) is 15.1. The highest BCUT2D eigenvalue weighted by atomic mass is 32.2. The third-order valence-electron chi connectivity index (χ3n) is 2.02. The number of sulfonamides is 1. The van der Waals surface area contributed by atoms with Gasteiger partial charge in [0.2, 0.25) is 10.0 Å². The molecule has 0 spiro atoms. The number of nitrogens with one attached hydrogen (secondary N) is 2. The fourth-order valence-corrected chi connectivity index (χ4v) is 1.90. The smallest absolute Gasteiger partial charge is 0.411 e. The highest BCUT2D eigenvalue weighted by Crippen LogP contribution is 2.28. The van der Waals surface area contributed by atoms with Gasteiger partial charge in [-0.2, -0.15) is 0 Å². The van der Waals surface area contributed by atoms with E-state index in [2.05, 4.69) is 10.0 Å². The van der Waals surface area contributed by atoms with E-state index >= 15 is 0 Å². The molecule has 0 aromatic heterocycles. The van der Waals surface area contributed by atoms with E-state index in [-0.39, 0.29) is 6.61 Å². The SMILES string of the molecule is CCOC(=O)Nc1ccc(NS(C)(=O)=O)cc1OC. The van der Waals surface area contributed by atoms with Gasteiger partial charge in [0.05, 0.1) is 31.3 Å². The van der Waals surface area contributed by atoms with Crippen molar-refractivity contribution in [2.24, 2.45) is 0 Å². The van der Waals surface area contributed by atoms with Gasteiger partial charge in [-0.3, -0.25) is 10.0 Å². The van der Waals surface area contributed by atoms with Crippen molar-refractivity contribution in [1.29, 1.82) is 0 Å². The third kappa shape index (κ3) is 5.04. The molecule has 106 valence electrons. The van der Waals surface area contributed by atoms with Crippen molar-refractivity contribution in [3.8, 4) is 5.75 Å². The molecule has 1 amide bonds. The van der Waals surface area contributed by atoms with Gasteiger partial charge >= 0.3 is 6.09 Å². The van der Waals surface area contributed by atoms with Crippen LogP contribution in [0.4, 0.5) is 16.2 Å². The number of rotatable bonds is 5. The van der Waals surface area contributed by atoms with Crippen molar-refractivity contribution in [2.75, 3.05) is 30.0 Å². The number of benzene rings is 1. The number of amides is 1. The lowest BCUT2D eigenvalue weighted by Crippen LogP contribution is -2.14. The van der Waals surface area contributed by atoms with Crippen LogP contribution in [0.2, 0.25) is 0 Å². The summed E-state index contributed by atoms with van der Waals surface area (Å²) in [6, 6.07) is 4.48.